The Morgan fingerprint density at radius 3 is 1.23 bits per heavy atom. The number of thiophene rings is 1. The predicted octanol–water partition coefficient (Wildman–Crippen LogP) is 16.2. The average molecular weight is 830 g/mol. The smallest absolute Gasteiger partial charge is 0.0726 e. The van der Waals surface area contributed by atoms with Gasteiger partial charge in [-0.2, -0.15) is 0 Å². The van der Waals surface area contributed by atoms with Crippen molar-refractivity contribution < 1.29 is 0 Å². The van der Waals surface area contributed by atoms with Crippen molar-refractivity contribution in [2.24, 2.45) is 0 Å². The zero-order valence-electron chi connectivity index (χ0n) is 34.9. The Morgan fingerprint density at radius 2 is 0.703 bits per heavy atom. The number of rotatable bonds is 5. The number of hydrogen-bond acceptors (Lipinski definition) is 2. The maximum atomic E-state index is 2.56. The second kappa shape index (κ2) is 13.4. The maximum Gasteiger partial charge on any atom is 0.0726 e. The first-order chi connectivity index (χ1) is 31.8. The van der Waals surface area contributed by atoms with Gasteiger partial charge in [0.1, 0.15) is 0 Å². The summed E-state index contributed by atoms with van der Waals surface area (Å²) in [5.41, 5.74) is 20.8. The van der Waals surface area contributed by atoms with Crippen LogP contribution in [-0.4, -0.2) is 0 Å². The van der Waals surface area contributed by atoms with Crippen LogP contribution in [-0.2, 0) is 10.8 Å². The van der Waals surface area contributed by atoms with E-state index in [1.165, 1.54) is 104 Å². The van der Waals surface area contributed by atoms with E-state index in [-0.39, 0.29) is 0 Å². The predicted molar refractivity (Wildman–Crippen MR) is 268 cm³/mol. The molecule has 298 valence electrons. The lowest BCUT2D eigenvalue weighted by Gasteiger charge is -2.35. The topological polar surface area (TPSA) is 3.24 Å². The van der Waals surface area contributed by atoms with Crippen molar-refractivity contribution in [1.82, 2.24) is 0 Å². The van der Waals surface area contributed by atoms with Gasteiger partial charge in [-0.15, -0.1) is 11.3 Å². The van der Waals surface area contributed by atoms with E-state index in [0.29, 0.717) is 0 Å². The lowest BCUT2D eigenvalue weighted by atomic mass is 9.67. The fraction of sp³-hybridized carbons (Fsp3) is 0.0323. The van der Waals surface area contributed by atoms with Gasteiger partial charge >= 0.3 is 0 Å². The third-order valence-electron chi connectivity index (χ3n) is 14.6. The molecule has 1 spiro atoms. The Morgan fingerprint density at radius 1 is 0.297 bits per heavy atom. The van der Waals surface area contributed by atoms with Gasteiger partial charge in [-0.05, 0) is 114 Å². The molecule has 64 heavy (non-hydrogen) atoms. The molecule has 0 saturated heterocycles. The van der Waals surface area contributed by atoms with Crippen molar-refractivity contribution in [2.75, 3.05) is 4.90 Å². The van der Waals surface area contributed by atoms with Gasteiger partial charge in [-0.25, -0.2) is 0 Å². The minimum Gasteiger partial charge on any atom is -0.309 e. The van der Waals surface area contributed by atoms with Crippen molar-refractivity contribution in [2.45, 2.75) is 10.8 Å². The van der Waals surface area contributed by atoms with Crippen LogP contribution in [0.3, 0.4) is 0 Å². The van der Waals surface area contributed by atoms with Crippen LogP contribution in [0.15, 0.2) is 237 Å². The molecule has 1 nitrogen and oxygen atoms in total. The fourth-order valence-electron chi connectivity index (χ4n) is 12.1. The van der Waals surface area contributed by atoms with Crippen LogP contribution < -0.4 is 4.90 Å². The summed E-state index contributed by atoms with van der Waals surface area (Å²) in [7, 11) is 0. The molecule has 2 heteroatoms. The highest BCUT2D eigenvalue weighted by molar-refractivity contribution is 7.26. The van der Waals surface area contributed by atoms with Crippen LogP contribution >= 0.6 is 11.3 Å². The molecule has 0 bridgehead atoms. The number of hydrogen-bond donors (Lipinski definition) is 0. The Balaban J connectivity index is 1.08. The molecular weight excluding hydrogens is 791 g/mol. The zero-order chi connectivity index (χ0) is 42.0. The van der Waals surface area contributed by atoms with Crippen LogP contribution in [0.2, 0.25) is 0 Å². The van der Waals surface area contributed by atoms with E-state index < -0.39 is 10.8 Å². The Kier molecular flexibility index (Phi) is 7.47. The van der Waals surface area contributed by atoms with Gasteiger partial charge in [-0.3, -0.25) is 0 Å². The summed E-state index contributed by atoms with van der Waals surface area (Å²) >= 11 is 1.89. The second-order valence-electron chi connectivity index (χ2n) is 17.5. The second-order valence-corrected chi connectivity index (χ2v) is 18.5. The van der Waals surface area contributed by atoms with E-state index in [1.807, 2.05) is 11.3 Å². The monoisotopic (exact) mass is 829 g/mol. The number of nitrogens with zero attached hydrogens (tertiary/aromatic N) is 1. The molecule has 10 aromatic carbocycles. The molecule has 3 aliphatic carbocycles. The van der Waals surface area contributed by atoms with Gasteiger partial charge in [0.2, 0.25) is 0 Å². The van der Waals surface area contributed by atoms with Gasteiger partial charge in [0, 0.05) is 26.8 Å². The molecule has 0 fully saturated rings. The molecule has 0 saturated carbocycles. The summed E-state index contributed by atoms with van der Waals surface area (Å²) < 4.78 is 2.57. The first-order valence-corrected chi connectivity index (χ1v) is 23.1. The standard InChI is InChI=1S/C62H39NS/c1-3-18-40(19-4-1)61(41-20-5-2-6-21-41)52-28-12-7-24-46(52)48-36-34-42(38-56(48)61)63(58-32-17-27-51-50-26-11-16-33-59(50)64-60(51)58)43-35-37-49-47-25-10-15-31-55(47)62(57(49)39-43)53-29-13-8-22-44(53)45-23-9-14-30-54(45)62/h1-39H. The average Bonchev–Trinajstić information content (AvgIpc) is 4.08. The Bertz CT molecular complexity index is 3480. The fourth-order valence-corrected chi connectivity index (χ4v) is 13.3. The lowest BCUT2D eigenvalue weighted by molar-refractivity contribution is 0.768. The highest BCUT2D eigenvalue weighted by atomic mass is 32.1. The summed E-state index contributed by atoms with van der Waals surface area (Å²) in [5, 5.41) is 2.58. The molecular formula is C62H39NS. The van der Waals surface area contributed by atoms with Crippen molar-refractivity contribution in [3.63, 3.8) is 0 Å². The van der Waals surface area contributed by atoms with E-state index >= 15 is 0 Å². The number of fused-ring (bicyclic) bond motifs is 16. The van der Waals surface area contributed by atoms with Gasteiger partial charge in [-0.1, -0.05) is 200 Å². The van der Waals surface area contributed by atoms with E-state index in [4.69, 9.17) is 0 Å². The van der Waals surface area contributed by atoms with E-state index in [1.54, 1.807) is 0 Å². The Labute approximate surface area is 376 Å². The van der Waals surface area contributed by atoms with Crippen molar-refractivity contribution >= 4 is 48.6 Å². The van der Waals surface area contributed by atoms with E-state index in [2.05, 4.69) is 241 Å². The molecule has 1 heterocycles. The zero-order valence-corrected chi connectivity index (χ0v) is 35.7. The largest absolute Gasteiger partial charge is 0.309 e. The molecule has 14 rings (SSSR count). The molecule has 0 amide bonds. The van der Waals surface area contributed by atoms with Gasteiger partial charge in [0.05, 0.1) is 21.2 Å². The van der Waals surface area contributed by atoms with Gasteiger partial charge < -0.3 is 4.90 Å². The van der Waals surface area contributed by atoms with Crippen LogP contribution in [0, 0.1) is 0 Å². The molecule has 11 aromatic rings. The van der Waals surface area contributed by atoms with Crippen molar-refractivity contribution in [3.8, 4) is 33.4 Å². The minimum absolute atomic E-state index is 0.459. The lowest BCUT2D eigenvalue weighted by Crippen LogP contribution is -2.28. The SMILES string of the molecule is c1ccc(C2(c3ccccc3)c3ccccc3-c3ccc(N(c4ccc5c(c4)C4(c6ccccc6-c6ccccc64)c4ccccc4-5)c4cccc5c4sc4ccccc45)cc32)cc1. The highest BCUT2D eigenvalue weighted by Crippen LogP contribution is 2.64. The normalized spacial score (nSPS) is 14.2. The molecule has 0 N–H and O–H groups in total. The van der Waals surface area contributed by atoms with Crippen LogP contribution in [0.1, 0.15) is 44.5 Å². The summed E-state index contributed by atoms with van der Waals surface area (Å²) in [6.07, 6.45) is 0. The molecule has 0 radical (unpaired) electrons. The number of benzene rings is 10. The van der Waals surface area contributed by atoms with Crippen LogP contribution in [0.4, 0.5) is 17.1 Å². The first kappa shape index (κ1) is 35.8. The molecule has 0 aliphatic heterocycles. The Hall–Kier alpha value is -7.78. The van der Waals surface area contributed by atoms with Crippen LogP contribution in [0.5, 0.6) is 0 Å². The molecule has 0 atom stereocenters. The molecule has 3 aliphatic rings. The summed E-state index contributed by atoms with van der Waals surface area (Å²) in [6.45, 7) is 0. The summed E-state index contributed by atoms with van der Waals surface area (Å²) in [6, 6.07) is 89.0. The highest BCUT2D eigenvalue weighted by Gasteiger charge is 2.52. The van der Waals surface area contributed by atoms with E-state index in [9.17, 15) is 0 Å². The van der Waals surface area contributed by atoms with Gasteiger partial charge in [0.15, 0.2) is 0 Å². The van der Waals surface area contributed by atoms with Crippen molar-refractivity contribution in [3.05, 3.63) is 281 Å². The molecule has 1 aromatic heterocycles. The third kappa shape index (κ3) is 4.57. The first-order valence-electron chi connectivity index (χ1n) is 22.3. The van der Waals surface area contributed by atoms with E-state index in [0.717, 1.165) is 11.4 Å². The molecule has 0 unspecified atom stereocenters. The summed E-state index contributed by atoms with van der Waals surface area (Å²) in [4.78, 5) is 2.56. The third-order valence-corrected chi connectivity index (χ3v) is 15.8. The van der Waals surface area contributed by atoms with Gasteiger partial charge in [0.25, 0.3) is 0 Å². The van der Waals surface area contributed by atoms with Crippen molar-refractivity contribution in [1.29, 1.82) is 0 Å². The van der Waals surface area contributed by atoms with Crippen LogP contribution in [0.25, 0.3) is 53.6 Å². The minimum atomic E-state index is -0.527. The number of anilines is 3. The quantitative estimate of drug-likeness (QED) is 0.167. The maximum absolute atomic E-state index is 2.56. The summed E-state index contributed by atoms with van der Waals surface area (Å²) in [5.74, 6) is 0.